The van der Waals surface area contributed by atoms with Crippen molar-refractivity contribution in [2.75, 3.05) is 13.1 Å². The van der Waals surface area contributed by atoms with Gasteiger partial charge in [-0.15, -0.1) is 35.5 Å². The number of piperidine rings is 1. The molecule has 1 saturated heterocycles. The summed E-state index contributed by atoms with van der Waals surface area (Å²) in [6.45, 7) is 2.23. The molecule has 25 heavy (non-hydrogen) atoms. The van der Waals surface area contributed by atoms with Crippen LogP contribution in [0.25, 0.3) is 0 Å². The number of nitrogens with one attached hydrogen (secondary N) is 1. The normalized spacial score (nSPS) is 20.6. The van der Waals surface area contributed by atoms with Crippen LogP contribution < -0.4 is 5.32 Å². The van der Waals surface area contributed by atoms with E-state index in [1.165, 1.54) is 29.1 Å². The minimum atomic E-state index is 0. The molecule has 0 radical (unpaired) electrons. The van der Waals surface area contributed by atoms with Gasteiger partial charge in [-0.3, -0.25) is 0 Å². The fraction of sp³-hybridized carbons (Fsp3) is 0.444. The van der Waals surface area contributed by atoms with Gasteiger partial charge in [-0.05, 0) is 31.5 Å². The van der Waals surface area contributed by atoms with Gasteiger partial charge in [0.05, 0.1) is 10.7 Å². The summed E-state index contributed by atoms with van der Waals surface area (Å²) in [5, 5.41) is 12.2. The number of aromatic nitrogens is 1. The molecule has 4 rings (SSSR count). The molecule has 0 aliphatic carbocycles. The SMILES string of the molecule is Cl.c1ccc(C2CC(SCc3csc(C4CCNCC4)n3)=NO2)cc1. The maximum atomic E-state index is 5.58. The average molecular weight is 396 g/mol. The van der Waals surface area contributed by atoms with E-state index in [-0.39, 0.29) is 18.5 Å². The first-order chi connectivity index (χ1) is 11.9. The first kappa shape index (κ1) is 18.7. The molecule has 2 aliphatic heterocycles. The van der Waals surface area contributed by atoms with Crippen LogP contribution in [0.3, 0.4) is 0 Å². The average Bonchev–Trinajstić information content (AvgIpc) is 3.31. The maximum absolute atomic E-state index is 5.58. The number of hydrogen-bond donors (Lipinski definition) is 1. The van der Waals surface area contributed by atoms with Crippen LogP contribution in [0, 0.1) is 0 Å². The molecule has 0 amide bonds. The highest BCUT2D eigenvalue weighted by Gasteiger charge is 2.23. The molecule has 1 aromatic heterocycles. The van der Waals surface area contributed by atoms with Crippen molar-refractivity contribution in [3.05, 3.63) is 52.0 Å². The minimum absolute atomic E-state index is 0. The third-order valence-electron chi connectivity index (χ3n) is 4.46. The molecule has 1 atom stereocenters. The maximum Gasteiger partial charge on any atom is 0.158 e. The van der Waals surface area contributed by atoms with Crippen LogP contribution in [0.1, 0.15) is 47.5 Å². The molecule has 0 saturated carbocycles. The van der Waals surface area contributed by atoms with Crippen molar-refractivity contribution >= 4 is 40.5 Å². The monoisotopic (exact) mass is 395 g/mol. The van der Waals surface area contributed by atoms with E-state index in [2.05, 4.69) is 28.0 Å². The van der Waals surface area contributed by atoms with Crippen molar-refractivity contribution in [2.45, 2.75) is 37.0 Å². The zero-order valence-electron chi connectivity index (χ0n) is 13.9. The summed E-state index contributed by atoms with van der Waals surface area (Å²) >= 11 is 3.56. The van der Waals surface area contributed by atoms with Crippen molar-refractivity contribution in [3.63, 3.8) is 0 Å². The van der Waals surface area contributed by atoms with Gasteiger partial charge in [-0.1, -0.05) is 35.5 Å². The number of benzene rings is 1. The Balaban J connectivity index is 0.00000182. The number of rotatable bonds is 4. The highest BCUT2D eigenvalue weighted by atomic mass is 35.5. The van der Waals surface area contributed by atoms with Crippen molar-refractivity contribution < 1.29 is 4.84 Å². The number of hydrogen-bond acceptors (Lipinski definition) is 6. The molecule has 0 spiro atoms. The van der Waals surface area contributed by atoms with Crippen molar-refractivity contribution in [1.29, 1.82) is 0 Å². The van der Waals surface area contributed by atoms with E-state index >= 15 is 0 Å². The van der Waals surface area contributed by atoms with E-state index in [4.69, 9.17) is 9.82 Å². The molecule has 2 aromatic rings. The van der Waals surface area contributed by atoms with Gasteiger partial charge < -0.3 is 10.2 Å². The number of halogens is 1. The minimum Gasteiger partial charge on any atom is -0.387 e. The van der Waals surface area contributed by atoms with Crippen LogP contribution in [-0.4, -0.2) is 23.1 Å². The Morgan fingerprint density at radius 2 is 2.00 bits per heavy atom. The Labute approximate surface area is 162 Å². The van der Waals surface area contributed by atoms with Crippen molar-refractivity contribution in [2.24, 2.45) is 5.16 Å². The molecule has 1 N–H and O–H groups in total. The Kier molecular flexibility index (Phi) is 6.76. The van der Waals surface area contributed by atoms with E-state index in [0.29, 0.717) is 5.92 Å². The lowest BCUT2D eigenvalue weighted by Crippen LogP contribution is -2.26. The summed E-state index contributed by atoms with van der Waals surface area (Å²) in [4.78, 5) is 10.4. The lowest BCUT2D eigenvalue weighted by atomic mass is 9.99. The highest BCUT2D eigenvalue weighted by molar-refractivity contribution is 8.13. The largest absolute Gasteiger partial charge is 0.387 e. The molecule has 2 aliphatic rings. The van der Waals surface area contributed by atoms with Gasteiger partial charge in [0.1, 0.15) is 5.04 Å². The molecular weight excluding hydrogens is 374 g/mol. The third-order valence-corrected chi connectivity index (χ3v) is 6.53. The molecule has 1 fully saturated rings. The van der Waals surface area contributed by atoms with Crippen molar-refractivity contribution in [3.8, 4) is 0 Å². The van der Waals surface area contributed by atoms with E-state index in [1.54, 1.807) is 11.8 Å². The fourth-order valence-corrected chi connectivity index (χ4v) is 5.01. The van der Waals surface area contributed by atoms with Crippen LogP contribution in [0.15, 0.2) is 40.9 Å². The van der Waals surface area contributed by atoms with Crippen LogP contribution in [0.2, 0.25) is 0 Å². The number of oxime groups is 1. The van der Waals surface area contributed by atoms with Crippen LogP contribution in [0.4, 0.5) is 0 Å². The van der Waals surface area contributed by atoms with Crippen LogP contribution in [0.5, 0.6) is 0 Å². The zero-order chi connectivity index (χ0) is 16.2. The number of thiazole rings is 1. The summed E-state index contributed by atoms with van der Waals surface area (Å²) in [5.41, 5.74) is 2.36. The Bertz CT molecular complexity index is 701. The Morgan fingerprint density at radius 1 is 1.20 bits per heavy atom. The van der Waals surface area contributed by atoms with Crippen LogP contribution >= 0.6 is 35.5 Å². The summed E-state index contributed by atoms with van der Waals surface area (Å²) in [5.74, 6) is 1.52. The topological polar surface area (TPSA) is 46.5 Å². The van der Waals surface area contributed by atoms with Gasteiger partial charge in [0, 0.05) is 23.5 Å². The standard InChI is InChI=1S/C18H21N3OS2.ClH/c1-2-4-13(5-3-1)16-10-17(21-22-16)23-11-15-12-24-18(20-15)14-6-8-19-9-7-14;/h1-5,12,14,16,19H,6-11H2;1H. The number of thioether (sulfide) groups is 1. The second-order valence-electron chi connectivity index (χ2n) is 6.18. The molecular formula is C18H22ClN3OS2. The quantitative estimate of drug-likeness (QED) is 0.812. The third kappa shape index (κ3) is 4.76. The predicted octanol–water partition coefficient (Wildman–Crippen LogP) is 4.74. The van der Waals surface area contributed by atoms with E-state index < -0.39 is 0 Å². The van der Waals surface area contributed by atoms with Gasteiger partial charge in [-0.25, -0.2) is 4.98 Å². The van der Waals surface area contributed by atoms with E-state index in [1.807, 2.05) is 29.5 Å². The second-order valence-corrected chi connectivity index (χ2v) is 8.12. The highest BCUT2D eigenvalue weighted by Crippen LogP contribution is 2.33. The molecule has 7 heteroatoms. The zero-order valence-corrected chi connectivity index (χ0v) is 16.3. The smallest absolute Gasteiger partial charge is 0.158 e. The summed E-state index contributed by atoms with van der Waals surface area (Å²) in [6.07, 6.45) is 3.34. The number of nitrogens with zero attached hydrogens (tertiary/aromatic N) is 2. The van der Waals surface area contributed by atoms with Gasteiger partial charge >= 0.3 is 0 Å². The predicted molar refractivity (Wildman–Crippen MR) is 108 cm³/mol. The van der Waals surface area contributed by atoms with Gasteiger partial charge in [0.2, 0.25) is 0 Å². The van der Waals surface area contributed by atoms with Gasteiger partial charge in [-0.2, -0.15) is 0 Å². The summed E-state index contributed by atoms with van der Waals surface area (Å²) < 4.78 is 0. The summed E-state index contributed by atoms with van der Waals surface area (Å²) in [6, 6.07) is 10.3. The van der Waals surface area contributed by atoms with E-state index in [0.717, 1.165) is 30.3 Å². The lowest BCUT2D eigenvalue weighted by Gasteiger charge is -2.20. The molecule has 4 nitrogen and oxygen atoms in total. The van der Waals surface area contributed by atoms with Gasteiger partial charge in [0.25, 0.3) is 0 Å². The molecule has 134 valence electrons. The van der Waals surface area contributed by atoms with Crippen LogP contribution in [-0.2, 0) is 10.6 Å². The molecule has 1 aromatic carbocycles. The van der Waals surface area contributed by atoms with Gasteiger partial charge in [0.15, 0.2) is 6.10 Å². The second kappa shape index (κ2) is 9.03. The Hall–Kier alpha value is -1.08. The molecule has 0 bridgehead atoms. The first-order valence-electron chi connectivity index (χ1n) is 8.44. The van der Waals surface area contributed by atoms with E-state index in [9.17, 15) is 0 Å². The molecule has 1 unspecified atom stereocenters. The lowest BCUT2D eigenvalue weighted by molar-refractivity contribution is 0.0858. The fourth-order valence-electron chi connectivity index (χ4n) is 3.09. The Morgan fingerprint density at radius 3 is 2.80 bits per heavy atom. The first-order valence-corrected chi connectivity index (χ1v) is 10.3. The summed E-state index contributed by atoms with van der Waals surface area (Å²) in [7, 11) is 0. The molecule has 3 heterocycles. The van der Waals surface area contributed by atoms with Crippen molar-refractivity contribution in [1.82, 2.24) is 10.3 Å².